The van der Waals surface area contributed by atoms with Crippen LogP contribution in [-0.4, -0.2) is 4.57 Å². The second-order valence-electron chi connectivity index (χ2n) is 14.5. The lowest BCUT2D eigenvalue weighted by molar-refractivity contribution is 0.660. The van der Waals surface area contributed by atoms with Gasteiger partial charge in [0.05, 0.1) is 16.7 Å². The number of hydrogen-bond donors (Lipinski definition) is 0. The first-order valence-corrected chi connectivity index (χ1v) is 18.2. The molecule has 0 amide bonds. The highest BCUT2D eigenvalue weighted by atomic mass is 15.0. The van der Waals surface area contributed by atoms with Crippen molar-refractivity contribution >= 4 is 43.4 Å². The van der Waals surface area contributed by atoms with Gasteiger partial charge in [0.2, 0.25) is 0 Å². The zero-order valence-electron chi connectivity index (χ0n) is 29.3. The van der Waals surface area contributed by atoms with Crippen LogP contribution in [0, 0.1) is 0 Å². The van der Waals surface area contributed by atoms with Crippen LogP contribution in [0.4, 0.5) is 0 Å². The van der Waals surface area contributed by atoms with Gasteiger partial charge < -0.3 is 4.57 Å². The van der Waals surface area contributed by atoms with Crippen molar-refractivity contribution in [1.82, 2.24) is 4.57 Å². The fraction of sp³-hybridized carbons (Fsp3) is 0.0588. The van der Waals surface area contributed by atoms with E-state index in [1.165, 1.54) is 82.5 Å². The third kappa shape index (κ3) is 4.63. The Bertz CT molecular complexity index is 2760. The minimum atomic E-state index is -0.124. The van der Waals surface area contributed by atoms with Gasteiger partial charge in [0.25, 0.3) is 0 Å². The van der Waals surface area contributed by atoms with E-state index in [-0.39, 0.29) is 5.41 Å². The molecule has 0 bridgehead atoms. The number of nitrogens with zero attached hydrogens (tertiary/aromatic N) is 1. The third-order valence-electron chi connectivity index (χ3n) is 11.2. The summed E-state index contributed by atoms with van der Waals surface area (Å²) in [4.78, 5) is 0. The minimum Gasteiger partial charge on any atom is -0.309 e. The molecule has 0 fully saturated rings. The highest BCUT2D eigenvalue weighted by Crippen LogP contribution is 2.51. The summed E-state index contributed by atoms with van der Waals surface area (Å²) in [5, 5.41) is 7.30. The molecule has 10 rings (SSSR count). The van der Waals surface area contributed by atoms with E-state index in [1.54, 1.807) is 0 Å². The van der Waals surface area contributed by atoms with Crippen LogP contribution in [0.3, 0.4) is 0 Å². The molecule has 0 N–H and O–H groups in total. The lowest BCUT2D eigenvalue weighted by Crippen LogP contribution is -2.15. The van der Waals surface area contributed by atoms with Gasteiger partial charge in [0.1, 0.15) is 0 Å². The van der Waals surface area contributed by atoms with Crippen molar-refractivity contribution in [3.8, 4) is 39.1 Å². The second kappa shape index (κ2) is 11.8. The monoisotopic (exact) mass is 663 g/mol. The van der Waals surface area contributed by atoms with E-state index in [2.05, 4.69) is 206 Å². The van der Waals surface area contributed by atoms with Gasteiger partial charge in [-0.15, -0.1) is 0 Å². The Morgan fingerprint density at radius 1 is 0.346 bits per heavy atom. The first-order valence-electron chi connectivity index (χ1n) is 18.2. The van der Waals surface area contributed by atoms with Gasteiger partial charge >= 0.3 is 0 Å². The molecule has 9 aromatic rings. The molecule has 0 radical (unpaired) electrons. The van der Waals surface area contributed by atoms with E-state index < -0.39 is 0 Å². The Balaban J connectivity index is 1.49. The van der Waals surface area contributed by atoms with Crippen molar-refractivity contribution in [2.75, 3.05) is 0 Å². The van der Waals surface area contributed by atoms with Gasteiger partial charge in [-0.1, -0.05) is 172 Å². The van der Waals surface area contributed by atoms with E-state index >= 15 is 0 Å². The van der Waals surface area contributed by atoms with Crippen LogP contribution in [0.25, 0.3) is 82.4 Å². The Morgan fingerprint density at radius 3 is 1.33 bits per heavy atom. The summed E-state index contributed by atoms with van der Waals surface area (Å²) in [7, 11) is 0. The van der Waals surface area contributed by atoms with Gasteiger partial charge in [-0.2, -0.15) is 0 Å². The number of hydrogen-bond acceptors (Lipinski definition) is 0. The van der Waals surface area contributed by atoms with Crippen LogP contribution in [0.1, 0.15) is 25.0 Å². The SMILES string of the molecule is CC1(C)c2ccccc2-c2c(-n3c4ccc(-c5ccccc5)cc4c4ccccc4c4ccccc4c4cc(-c5ccccc5)ccc43)cccc21. The average molecular weight is 664 g/mol. The largest absolute Gasteiger partial charge is 0.309 e. The molecule has 52 heavy (non-hydrogen) atoms. The Morgan fingerprint density at radius 2 is 0.788 bits per heavy atom. The van der Waals surface area contributed by atoms with Crippen molar-refractivity contribution in [2.45, 2.75) is 19.3 Å². The highest BCUT2D eigenvalue weighted by molar-refractivity contribution is 6.20. The molecule has 1 aliphatic carbocycles. The molecule has 1 heterocycles. The first kappa shape index (κ1) is 30.4. The molecule has 0 saturated heterocycles. The number of aromatic nitrogens is 1. The first-order chi connectivity index (χ1) is 25.6. The van der Waals surface area contributed by atoms with Crippen molar-refractivity contribution in [1.29, 1.82) is 0 Å². The maximum Gasteiger partial charge on any atom is 0.0543 e. The summed E-state index contributed by atoms with van der Waals surface area (Å²) >= 11 is 0. The van der Waals surface area contributed by atoms with E-state index in [9.17, 15) is 0 Å². The van der Waals surface area contributed by atoms with Gasteiger partial charge in [-0.3, -0.25) is 0 Å². The van der Waals surface area contributed by atoms with Gasteiger partial charge in [-0.25, -0.2) is 0 Å². The van der Waals surface area contributed by atoms with Crippen LogP contribution >= 0.6 is 0 Å². The molecule has 0 saturated carbocycles. The molecule has 0 aliphatic heterocycles. The predicted molar refractivity (Wildman–Crippen MR) is 222 cm³/mol. The summed E-state index contributed by atoms with van der Waals surface area (Å²) in [6.45, 7) is 4.74. The van der Waals surface area contributed by atoms with E-state index in [4.69, 9.17) is 0 Å². The smallest absolute Gasteiger partial charge is 0.0543 e. The topological polar surface area (TPSA) is 4.93 Å². The minimum absolute atomic E-state index is 0.124. The van der Waals surface area contributed by atoms with E-state index in [1.807, 2.05) is 0 Å². The summed E-state index contributed by atoms with van der Waals surface area (Å²) in [6, 6.07) is 69.4. The lowest BCUT2D eigenvalue weighted by atomic mass is 9.82. The molecule has 1 aromatic heterocycles. The van der Waals surface area contributed by atoms with Crippen LogP contribution in [0.15, 0.2) is 188 Å². The maximum atomic E-state index is 2.56. The predicted octanol–water partition coefficient (Wildman–Crippen LogP) is 13.9. The number of benzene rings is 8. The van der Waals surface area contributed by atoms with Crippen LogP contribution in [0.5, 0.6) is 0 Å². The Labute approximate surface area is 304 Å². The van der Waals surface area contributed by atoms with Crippen molar-refractivity contribution in [3.05, 3.63) is 199 Å². The number of rotatable bonds is 3. The van der Waals surface area contributed by atoms with Gasteiger partial charge in [0, 0.05) is 21.8 Å². The number of fused-ring (bicyclic) bond motifs is 10. The van der Waals surface area contributed by atoms with Gasteiger partial charge in [-0.05, 0) is 90.8 Å². The van der Waals surface area contributed by atoms with Crippen molar-refractivity contribution in [2.24, 2.45) is 0 Å². The van der Waals surface area contributed by atoms with E-state index in [0.717, 1.165) is 11.0 Å². The average Bonchev–Trinajstić information content (AvgIpc) is 3.47. The highest BCUT2D eigenvalue weighted by Gasteiger charge is 2.37. The summed E-state index contributed by atoms with van der Waals surface area (Å²) < 4.78 is 2.56. The molecule has 0 spiro atoms. The molecule has 1 heteroatoms. The Hall–Kier alpha value is -6.44. The summed E-state index contributed by atoms with van der Waals surface area (Å²) in [5.41, 5.74) is 13.5. The molecular formula is C51H37N. The zero-order valence-corrected chi connectivity index (χ0v) is 29.3. The fourth-order valence-electron chi connectivity index (χ4n) is 8.73. The molecular weight excluding hydrogens is 627 g/mol. The van der Waals surface area contributed by atoms with Crippen molar-refractivity contribution < 1.29 is 0 Å². The standard InChI is InChI=1S/C51H37N/c1-51(2)45-25-14-13-24-42(45)50-46(51)26-15-27-49(50)52-47-30-28-36(34-16-5-3-6-17-34)32-43(47)40-22-11-9-20-38(40)39-21-10-12-23-41(39)44-33-37(29-31-48(44)52)35-18-7-4-8-19-35/h3-33H,1-2H3. The summed E-state index contributed by atoms with van der Waals surface area (Å²) in [6.07, 6.45) is 0. The van der Waals surface area contributed by atoms with Crippen LogP contribution in [-0.2, 0) is 5.41 Å². The molecule has 0 atom stereocenters. The molecule has 1 nitrogen and oxygen atoms in total. The summed E-state index contributed by atoms with van der Waals surface area (Å²) in [5.74, 6) is 0. The third-order valence-corrected chi connectivity index (χ3v) is 11.2. The van der Waals surface area contributed by atoms with E-state index in [0.29, 0.717) is 0 Å². The molecule has 0 unspecified atom stereocenters. The fourth-order valence-corrected chi connectivity index (χ4v) is 8.73. The Kier molecular flexibility index (Phi) is 6.91. The second-order valence-corrected chi connectivity index (χ2v) is 14.5. The maximum absolute atomic E-state index is 2.56. The molecule has 1 aliphatic rings. The van der Waals surface area contributed by atoms with Crippen molar-refractivity contribution in [3.63, 3.8) is 0 Å². The quantitative estimate of drug-likeness (QED) is 0.177. The lowest BCUT2D eigenvalue weighted by Gasteiger charge is -2.22. The van der Waals surface area contributed by atoms with Crippen LogP contribution in [0.2, 0.25) is 0 Å². The van der Waals surface area contributed by atoms with Gasteiger partial charge in [0.15, 0.2) is 0 Å². The van der Waals surface area contributed by atoms with Crippen LogP contribution < -0.4 is 0 Å². The molecule has 246 valence electrons. The molecule has 8 aromatic carbocycles. The normalized spacial score (nSPS) is 13.0. The zero-order chi connectivity index (χ0) is 34.8.